The zero-order chi connectivity index (χ0) is 27.5. The monoisotopic (exact) mass is 531 g/mol. The number of hydrogen-bond donors (Lipinski definition) is 1. The number of pyridine rings is 1. The normalized spacial score (nSPS) is 13.4. The van der Waals surface area contributed by atoms with Crippen molar-refractivity contribution in [3.8, 4) is 34.1 Å². The molecule has 3 aromatic carbocycles. The molecular weight excluding hydrogens is 502 g/mol. The zero-order valence-corrected chi connectivity index (χ0v) is 22.4. The fourth-order valence-corrected chi connectivity index (χ4v) is 4.89. The maximum Gasteiger partial charge on any atom is 0.316 e. The molecule has 0 atom stereocenters. The molecule has 0 bridgehead atoms. The van der Waals surface area contributed by atoms with Crippen molar-refractivity contribution < 1.29 is 18.8 Å². The van der Waals surface area contributed by atoms with Crippen LogP contribution in [0.15, 0.2) is 102 Å². The van der Waals surface area contributed by atoms with Gasteiger partial charge in [-0.1, -0.05) is 78.0 Å². The molecule has 0 saturated heterocycles. The summed E-state index contributed by atoms with van der Waals surface area (Å²) in [4.78, 5) is 17.2. The number of hydrogen-bond acceptors (Lipinski definition) is 7. The van der Waals surface area contributed by atoms with E-state index in [1.54, 1.807) is 0 Å². The number of rotatable bonds is 9. The number of aryl methyl sites for hydroxylation is 1. The summed E-state index contributed by atoms with van der Waals surface area (Å²) in [5.74, 6) is 2.27. The minimum absolute atomic E-state index is 0.136. The van der Waals surface area contributed by atoms with E-state index in [4.69, 9.17) is 14.0 Å². The lowest BCUT2D eigenvalue weighted by Crippen LogP contribution is -2.23. The molecule has 0 radical (unpaired) electrons. The second-order valence-corrected chi connectivity index (χ2v) is 9.80. The van der Waals surface area contributed by atoms with E-state index >= 15 is 0 Å². The van der Waals surface area contributed by atoms with Gasteiger partial charge in [-0.3, -0.25) is 4.79 Å². The Morgan fingerprint density at radius 3 is 2.35 bits per heavy atom. The van der Waals surface area contributed by atoms with Crippen LogP contribution in [0.3, 0.4) is 0 Å². The highest BCUT2D eigenvalue weighted by molar-refractivity contribution is 5.89. The summed E-state index contributed by atoms with van der Waals surface area (Å²) in [6.45, 7) is 4.12. The predicted molar refractivity (Wildman–Crippen MR) is 154 cm³/mol. The highest BCUT2D eigenvalue weighted by Crippen LogP contribution is 2.49. The van der Waals surface area contributed by atoms with E-state index in [2.05, 4.69) is 33.7 Å². The van der Waals surface area contributed by atoms with Gasteiger partial charge in [0.15, 0.2) is 5.76 Å². The first-order valence-electron chi connectivity index (χ1n) is 13.4. The number of para-hydroxylation sites is 1. The lowest BCUT2D eigenvalue weighted by atomic mass is 9.92. The van der Waals surface area contributed by atoms with E-state index in [9.17, 15) is 4.79 Å². The Bertz CT molecular complexity index is 1640. The molecule has 2 aromatic heterocycles. The molecule has 7 nitrogen and oxygen atoms in total. The molecule has 0 amide bonds. The number of anilines is 2. The average Bonchev–Trinajstić information content (AvgIpc) is 3.73. The summed E-state index contributed by atoms with van der Waals surface area (Å²) in [7, 11) is 0. The Kier molecular flexibility index (Phi) is 6.78. The van der Waals surface area contributed by atoms with Crippen LogP contribution in [0.5, 0.6) is 11.6 Å². The van der Waals surface area contributed by atoms with Crippen molar-refractivity contribution in [2.45, 2.75) is 32.1 Å². The molecule has 5 aromatic rings. The maximum absolute atomic E-state index is 12.6. The lowest BCUT2D eigenvalue weighted by Gasteiger charge is -2.15. The summed E-state index contributed by atoms with van der Waals surface area (Å²) < 4.78 is 17.1. The maximum atomic E-state index is 12.6. The van der Waals surface area contributed by atoms with Crippen LogP contribution in [0.1, 0.15) is 31.0 Å². The fraction of sp³-hybridized carbons (Fsp3) is 0.182. The smallest absolute Gasteiger partial charge is 0.316 e. The molecule has 7 heteroatoms. The number of nitrogens with one attached hydrogen (secondary N) is 1. The molecule has 2 heterocycles. The van der Waals surface area contributed by atoms with Crippen molar-refractivity contribution in [1.29, 1.82) is 0 Å². The highest BCUT2D eigenvalue weighted by Gasteiger charge is 2.52. The quantitative estimate of drug-likeness (QED) is 0.194. The number of ether oxygens (including phenoxy) is 2. The van der Waals surface area contributed by atoms with Gasteiger partial charge in [0.1, 0.15) is 22.9 Å². The van der Waals surface area contributed by atoms with Crippen LogP contribution >= 0.6 is 0 Å². The summed E-state index contributed by atoms with van der Waals surface area (Å²) in [6, 6.07) is 31.3. The number of esters is 1. The van der Waals surface area contributed by atoms with Gasteiger partial charge in [0, 0.05) is 11.6 Å². The molecule has 1 N–H and O–H groups in total. The van der Waals surface area contributed by atoms with Crippen molar-refractivity contribution in [3.63, 3.8) is 0 Å². The number of carbonyl (C=O) groups excluding carboxylic acids is 1. The van der Waals surface area contributed by atoms with E-state index in [1.165, 1.54) is 0 Å². The van der Waals surface area contributed by atoms with Gasteiger partial charge in [0.05, 0.1) is 12.0 Å². The van der Waals surface area contributed by atoms with Crippen molar-refractivity contribution in [1.82, 2.24) is 10.1 Å². The second kappa shape index (κ2) is 10.7. The van der Waals surface area contributed by atoms with Crippen LogP contribution in [-0.2, 0) is 14.9 Å². The third kappa shape index (κ3) is 4.94. The van der Waals surface area contributed by atoms with Crippen molar-refractivity contribution in [3.05, 3.63) is 108 Å². The summed E-state index contributed by atoms with van der Waals surface area (Å²) in [5.41, 5.74) is 4.82. The second-order valence-electron chi connectivity index (χ2n) is 9.80. The van der Waals surface area contributed by atoms with E-state index < -0.39 is 5.41 Å². The van der Waals surface area contributed by atoms with Gasteiger partial charge in [-0.2, -0.15) is 4.98 Å². The van der Waals surface area contributed by atoms with Crippen LogP contribution in [-0.4, -0.2) is 22.7 Å². The molecule has 200 valence electrons. The molecule has 1 aliphatic carbocycles. The number of benzene rings is 3. The first kappa shape index (κ1) is 25.4. The fourth-order valence-electron chi connectivity index (χ4n) is 4.89. The molecule has 6 rings (SSSR count). The van der Waals surface area contributed by atoms with Crippen LogP contribution in [0.4, 0.5) is 11.5 Å². The molecule has 1 saturated carbocycles. The van der Waals surface area contributed by atoms with Crippen molar-refractivity contribution in [2.75, 3.05) is 11.9 Å². The topological polar surface area (TPSA) is 86.5 Å². The third-order valence-corrected chi connectivity index (χ3v) is 7.14. The number of nitrogens with zero attached hydrogens (tertiary/aromatic N) is 2. The molecule has 40 heavy (non-hydrogen) atoms. The zero-order valence-electron chi connectivity index (χ0n) is 22.4. The van der Waals surface area contributed by atoms with E-state index in [0.717, 1.165) is 40.8 Å². The first-order valence-corrected chi connectivity index (χ1v) is 13.4. The molecule has 0 spiro atoms. The Morgan fingerprint density at radius 2 is 1.62 bits per heavy atom. The van der Waals surface area contributed by atoms with Gasteiger partial charge in [0.25, 0.3) is 0 Å². The molecule has 0 unspecified atom stereocenters. The van der Waals surface area contributed by atoms with Gasteiger partial charge >= 0.3 is 5.97 Å². The number of aromatic nitrogens is 2. The molecular formula is C33H29N3O4. The largest absolute Gasteiger partial charge is 0.465 e. The average molecular weight is 532 g/mol. The van der Waals surface area contributed by atoms with E-state index in [-0.39, 0.29) is 5.97 Å². The summed E-state index contributed by atoms with van der Waals surface area (Å²) >= 11 is 0. The summed E-state index contributed by atoms with van der Waals surface area (Å²) in [5, 5.41) is 7.64. The first-order chi connectivity index (χ1) is 19.6. The van der Waals surface area contributed by atoms with Gasteiger partial charge in [-0.25, -0.2) is 0 Å². The van der Waals surface area contributed by atoms with Crippen molar-refractivity contribution in [2.24, 2.45) is 0 Å². The Morgan fingerprint density at radius 1 is 0.900 bits per heavy atom. The lowest BCUT2D eigenvalue weighted by molar-refractivity contribution is -0.146. The Hall–Kier alpha value is -4.91. The molecule has 1 aliphatic rings. The van der Waals surface area contributed by atoms with Gasteiger partial charge in [-0.15, -0.1) is 0 Å². The Labute approximate surface area is 232 Å². The predicted octanol–water partition coefficient (Wildman–Crippen LogP) is 7.84. The number of carbonyl (C=O) groups is 1. The van der Waals surface area contributed by atoms with Crippen LogP contribution in [0.2, 0.25) is 0 Å². The van der Waals surface area contributed by atoms with Crippen LogP contribution in [0, 0.1) is 6.92 Å². The van der Waals surface area contributed by atoms with Gasteiger partial charge < -0.3 is 19.3 Å². The molecule has 1 fully saturated rings. The summed E-state index contributed by atoms with van der Waals surface area (Å²) in [6.07, 6.45) is 1.64. The highest BCUT2D eigenvalue weighted by atomic mass is 16.5. The van der Waals surface area contributed by atoms with Gasteiger partial charge in [-0.05, 0) is 61.6 Å². The minimum Gasteiger partial charge on any atom is -0.465 e. The third-order valence-electron chi connectivity index (χ3n) is 7.14. The van der Waals surface area contributed by atoms with Crippen LogP contribution in [0.25, 0.3) is 22.5 Å². The SMILES string of the molecule is CCOC(=O)C1(c2ccc(-c3ccccc3-c3onc(C)c3Nc3cccc(Oc4ccccc4)n3)cc2)CC1. The Balaban J connectivity index is 1.29. The van der Waals surface area contributed by atoms with Crippen molar-refractivity contribution >= 4 is 17.5 Å². The van der Waals surface area contributed by atoms with E-state index in [0.29, 0.717) is 35.5 Å². The van der Waals surface area contributed by atoms with Crippen LogP contribution < -0.4 is 10.1 Å². The molecule has 0 aliphatic heterocycles. The van der Waals surface area contributed by atoms with Gasteiger partial charge in [0.2, 0.25) is 5.88 Å². The minimum atomic E-state index is -0.501. The van der Waals surface area contributed by atoms with E-state index in [1.807, 2.05) is 92.7 Å². The standard InChI is InChI=1S/C33H29N3O4/c1-3-38-32(37)33(20-21-33)24-18-16-23(17-19-24)26-12-7-8-13-27(26)31-30(22(2)36-40-31)35-28-14-9-15-29(34-28)39-25-10-5-4-6-11-25/h4-19H,3,20-21H2,1-2H3,(H,34,35).